The minimum absolute atomic E-state index is 0.112. The molecule has 0 amide bonds. The minimum Gasteiger partial charge on any atom is -0.486 e. The van der Waals surface area contributed by atoms with Gasteiger partial charge in [0.1, 0.15) is 13.2 Å². The molecule has 0 bridgehead atoms. The van der Waals surface area contributed by atoms with Gasteiger partial charge in [-0.2, -0.15) is 0 Å². The quantitative estimate of drug-likeness (QED) is 0.743. The number of fused-ring (bicyclic) bond motifs is 1. The van der Waals surface area contributed by atoms with E-state index in [1.807, 2.05) is 6.07 Å². The first-order valence-corrected chi connectivity index (χ1v) is 7.32. The summed E-state index contributed by atoms with van der Waals surface area (Å²) < 4.78 is 11.2. The lowest BCUT2D eigenvalue weighted by Gasteiger charge is -2.27. The summed E-state index contributed by atoms with van der Waals surface area (Å²) in [7, 11) is 0. The Morgan fingerprint density at radius 2 is 1.72 bits per heavy atom. The number of ether oxygens (including phenoxy) is 2. The molecule has 1 aromatic rings. The Morgan fingerprint density at radius 1 is 1.00 bits per heavy atom. The van der Waals surface area contributed by atoms with Gasteiger partial charge in [-0.1, -0.05) is 25.3 Å². The van der Waals surface area contributed by atoms with Crippen LogP contribution < -0.4 is 9.47 Å². The van der Waals surface area contributed by atoms with Crippen LogP contribution in [0.1, 0.15) is 43.0 Å². The van der Waals surface area contributed by atoms with Crippen molar-refractivity contribution >= 4 is 11.6 Å². The number of hydrogen-bond acceptors (Lipinski definition) is 2. The van der Waals surface area contributed by atoms with Crippen molar-refractivity contribution in [2.45, 2.75) is 37.5 Å². The van der Waals surface area contributed by atoms with Gasteiger partial charge < -0.3 is 9.47 Å². The zero-order valence-corrected chi connectivity index (χ0v) is 11.3. The second-order valence-corrected chi connectivity index (χ2v) is 5.67. The van der Waals surface area contributed by atoms with Gasteiger partial charge in [-0.05, 0) is 36.5 Å². The maximum absolute atomic E-state index is 6.63. The van der Waals surface area contributed by atoms with Crippen LogP contribution in [-0.2, 0) is 0 Å². The average Bonchev–Trinajstić information content (AvgIpc) is 2.47. The molecule has 1 aliphatic carbocycles. The highest BCUT2D eigenvalue weighted by Gasteiger charge is 2.24. The molecule has 1 heterocycles. The number of alkyl halides is 1. The molecule has 2 nitrogen and oxygen atoms in total. The summed E-state index contributed by atoms with van der Waals surface area (Å²) in [5.41, 5.74) is 1.17. The van der Waals surface area contributed by atoms with E-state index in [0.717, 1.165) is 11.5 Å². The summed E-state index contributed by atoms with van der Waals surface area (Å²) in [5, 5.41) is 0.112. The first-order valence-electron chi connectivity index (χ1n) is 6.88. The molecule has 0 aromatic heterocycles. The molecule has 3 heteroatoms. The molecular formula is C15H19ClO2. The molecule has 1 fully saturated rings. The maximum Gasteiger partial charge on any atom is 0.161 e. The topological polar surface area (TPSA) is 18.5 Å². The minimum atomic E-state index is 0.112. The van der Waals surface area contributed by atoms with Crippen LogP contribution in [0, 0.1) is 5.92 Å². The monoisotopic (exact) mass is 266 g/mol. The third-order valence-electron chi connectivity index (χ3n) is 3.95. The zero-order valence-electron chi connectivity index (χ0n) is 10.5. The van der Waals surface area contributed by atoms with Crippen LogP contribution in [0.5, 0.6) is 11.5 Å². The van der Waals surface area contributed by atoms with E-state index in [1.54, 1.807) is 0 Å². The molecule has 2 aliphatic rings. The van der Waals surface area contributed by atoms with Crippen LogP contribution in [0.3, 0.4) is 0 Å². The molecule has 1 atom stereocenters. The van der Waals surface area contributed by atoms with Crippen molar-refractivity contribution in [2.75, 3.05) is 13.2 Å². The highest BCUT2D eigenvalue weighted by atomic mass is 35.5. The smallest absolute Gasteiger partial charge is 0.161 e. The third kappa shape index (κ3) is 2.44. The van der Waals surface area contributed by atoms with Gasteiger partial charge in [0.2, 0.25) is 0 Å². The predicted octanol–water partition coefficient (Wildman–Crippen LogP) is 4.32. The summed E-state index contributed by atoms with van der Waals surface area (Å²) in [4.78, 5) is 0. The van der Waals surface area contributed by atoms with Crippen LogP contribution in [-0.4, -0.2) is 13.2 Å². The maximum atomic E-state index is 6.63. The van der Waals surface area contributed by atoms with Crippen LogP contribution in [0.4, 0.5) is 0 Å². The van der Waals surface area contributed by atoms with Gasteiger partial charge >= 0.3 is 0 Å². The Bertz CT molecular complexity index is 413. The fourth-order valence-corrected chi connectivity index (χ4v) is 3.32. The largest absolute Gasteiger partial charge is 0.486 e. The van der Waals surface area contributed by atoms with Crippen LogP contribution in [0.25, 0.3) is 0 Å². The van der Waals surface area contributed by atoms with Gasteiger partial charge in [-0.15, -0.1) is 11.6 Å². The molecular weight excluding hydrogens is 248 g/mol. The van der Waals surface area contributed by atoms with Crippen molar-refractivity contribution in [3.8, 4) is 11.5 Å². The Labute approximate surface area is 113 Å². The first-order chi connectivity index (χ1) is 8.84. The average molecular weight is 267 g/mol. The van der Waals surface area contributed by atoms with Crippen molar-refractivity contribution in [3.63, 3.8) is 0 Å². The fourth-order valence-electron chi connectivity index (χ4n) is 2.93. The van der Waals surface area contributed by atoms with Crippen LogP contribution in [0.15, 0.2) is 18.2 Å². The summed E-state index contributed by atoms with van der Waals surface area (Å²) >= 11 is 6.63. The van der Waals surface area contributed by atoms with Crippen LogP contribution in [0.2, 0.25) is 0 Å². The van der Waals surface area contributed by atoms with E-state index in [2.05, 4.69) is 12.1 Å². The Hall–Kier alpha value is -0.890. The van der Waals surface area contributed by atoms with Gasteiger partial charge in [0, 0.05) is 0 Å². The van der Waals surface area contributed by atoms with Crippen molar-refractivity contribution in [3.05, 3.63) is 23.8 Å². The van der Waals surface area contributed by atoms with Crippen molar-refractivity contribution in [2.24, 2.45) is 5.92 Å². The lowest BCUT2D eigenvalue weighted by Crippen LogP contribution is -2.16. The molecule has 0 saturated heterocycles. The van der Waals surface area contributed by atoms with E-state index >= 15 is 0 Å². The Kier molecular flexibility index (Phi) is 3.64. The van der Waals surface area contributed by atoms with Crippen molar-refractivity contribution in [1.29, 1.82) is 0 Å². The number of halogens is 1. The molecule has 98 valence electrons. The normalized spacial score (nSPS) is 21.6. The molecule has 1 saturated carbocycles. The zero-order chi connectivity index (χ0) is 12.4. The van der Waals surface area contributed by atoms with E-state index in [9.17, 15) is 0 Å². The highest BCUT2D eigenvalue weighted by Crippen LogP contribution is 2.41. The Balaban J connectivity index is 1.78. The van der Waals surface area contributed by atoms with Gasteiger partial charge in [0.05, 0.1) is 5.38 Å². The van der Waals surface area contributed by atoms with Gasteiger partial charge in [0.25, 0.3) is 0 Å². The van der Waals surface area contributed by atoms with E-state index < -0.39 is 0 Å². The molecule has 1 aromatic carbocycles. The van der Waals surface area contributed by atoms with Gasteiger partial charge in [-0.25, -0.2) is 0 Å². The highest BCUT2D eigenvalue weighted by molar-refractivity contribution is 6.21. The lowest BCUT2D eigenvalue weighted by atomic mass is 9.84. The molecule has 3 rings (SSSR count). The molecule has 0 radical (unpaired) electrons. The van der Waals surface area contributed by atoms with E-state index in [1.165, 1.54) is 37.7 Å². The number of benzene rings is 1. The second-order valence-electron chi connectivity index (χ2n) is 5.20. The van der Waals surface area contributed by atoms with Gasteiger partial charge in [-0.3, -0.25) is 0 Å². The standard InChI is InChI=1S/C15H19ClO2/c16-15(11-4-2-1-3-5-11)12-6-7-13-14(10-12)18-9-8-17-13/h6-7,10-11,15H,1-5,8-9H2. The summed E-state index contributed by atoms with van der Waals surface area (Å²) in [5.74, 6) is 2.31. The number of rotatable bonds is 2. The molecule has 0 spiro atoms. The fraction of sp³-hybridized carbons (Fsp3) is 0.600. The van der Waals surface area contributed by atoms with E-state index in [-0.39, 0.29) is 5.38 Å². The molecule has 1 aliphatic heterocycles. The first kappa shape index (κ1) is 12.2. The SMILES string of the molecule is ClC(c1ccc2c(c1)OCCO2)C1CCCCC1. The summed E-state index contributed by atoms with van der Waals surface area (Å²) in [6.07, 6.45) is 6.50. The van der Waals surface area contributed by atoms with E-state index in [0.29, 0.717) is 19.1 Å². The summed E-state index contributed by atoms with van der Waals surface area (Å²) in [6.45, 7) is 1.27. The van der Waals surface area contributed by atoms with Gasteiger partial charge in [0.15, 0.2) is 11.5 Å². The third-order valence-corrected chi connectivity index (χ3v) is 4.56. The van der Waals surface area contributed by atoms with E-state index in [4.69, 9.17) is 21.1 Å². The molecule has 0 N–H and O–H groups in total. The lowest BCUT2D eigenvalue weighted by molar-refractivity contribution is 0.171. The van der Waals surface area contributed by atoms with Crippen LogP contribution >= 0.6 is 11.6 Å². The summed E-state index contributed by atoms with van der Waals surface area (Å²) in [6, 6.07) is 6.13. The number of hydrogen-bond donors (Lipinski definition) is 0. The van der Waals surface area contributed by atoms with Crippen molar-refractivity contribution < 1.29 is 9.47 Å². The second kappa shape index (κ2) is 5.40. The molecule has 1 unspecified atom stereocenters. The van der Waals surface area contributed by atoms with Crippen molar-refractivity contribution in [1.82, 2.24) is 0 Å². The Morgan fingerprint density at radius 3 is 2.50 bits per heavy atom. The molecule has 18 heavy (non-hydrogen) atoms. The predicted molar refractivity (Wildman–Crippen MR) is 72.6 cm³/mol.